The van der Waals surface area contributed by atoms with Gasteiger partial charge in [0.05, 0.1) is 0 Å². The van der Waals surface area contributed by atoms with Crippen LogP contribution in [0.15, 0.2) is 12.2 Å². The van der Waals surface area contributed by atoms with Gasteiger partial charge in [0.1, 0.15) is 13.2 Å². The molecule has 81 heavy (non-hydrogen) atoms. The molecule has 0 aliphatic carbocycles. The third kappa shape index (κ3) is 68.8. The molecule has 0 saturated carbocycles. The van der Waals surface area contributed by atoms with Crippen molar-refractivity contribution in [1.82, 2.24) is 0 Å². The van der Waals surface area contributed by atoms with Crippen LogP contribution in [0.5, 0.6) is 0 Å². The normalized spacial score (nSPS) is 12.0. The van der Waals surface area contributed by atoms with Crippen LogP contribution in [0.4, 0.5) is 0 Å². The van der Waals surface area contributed by atoms with Crippen molar-refractivity contribution in [1.29, 1.82) is 0 Å². The largest absolute Gasteiger partial charge is 0.462 e. The van der Waals surface area contributed by atoms with E-state index in [4.69, 9.17) is 14.2 Å². The number of carbonyl (C=O) groups is 3. The molecule has 0 rings (SSSR count). The standard InChI is InChI=1S/C75H144O6/c1-4-7-10-13-16-19-22-25-28-29-30-31-32-33-34-35-36-37-38-39-40-41-42-43-44-45-46-47-48-51-53-56-59-62-65-68-74(77)80-71-72(81-75(78)69-66-63-60-57-54-50-27-24-21-18-15-12-9-6-3)70-79-73(76)67-64-61-58-55-52-49-26-23-20-17-14-11-8-5-2/h29-30,72H,4-28,31-71H2,1-3H3/b30-29-. The summed E-state index contributed by atoms with van der Waals surface area (Å²) in [5.41, 5.74) is 0. The average Bonchev–Trinajstić information content (AvgIpc) is 3.47. The first kappa shape index (κ1) is 79.2. The number of esters is 3. The van der Waals surface area contributed by atoms with Gasteiger partial charge >= 0.3 is 17.9 Å². The molecule has 0 aromatic carbocycles. The summed E-state index contributed by atoms with van der Waals surface area (Å²) < 4.78 is 17.0. The van der Waals surface area contributed by atoms with Crippen LogP contribution >= 0.6 is 0 Å². The van der Waals surface area contributed by atoms with Gasteiger partial charge in [0.25, 0.3) is 0 Å². The second kappa shape index (κ2) is 70.6. The van der Waals surface area contributed by atoms with Crippen molar-refractivity contribution in [3.63, 3.8) is 0 Å². The lowest BCUT2D eigenvalue weighted by atomic mass is 10.0. The van der Waals surface area contributed by atoms with Crippen molar-refractivity contribution in [3.05, 3.63) is 12.2 Å². The van der Waals surface area contributed by atoms with Crippen molar-refractivity contribution in [2.45, 2.75) is 438 Å². The molecule has 0 bridgehead atoms. The lowest BCUT2D eigenvalue weighted by Crippen LogP contribution is -2.30. The lowest BCUT2D eigenvalue weighted by Gasteiger charge is -2.18. The van der Waals surface area contributed by atoms with Gasteiger partial charge in [0.2, 0.25) is 0 Å². The van der Waals surface area contributed by atoms with Gasteiger partial charge < -0.3 is 14.2 Å². The van der Waals surface area contributed by atoms with E-state index in [0.29, 0.717) is 19.3 Å². The number of ether oxygens (including phenoxy) is 3. The second-order valence-corrected chi connectivity index (χ2v) is 25.6. The number of carbonyl (C=O) groups excluding carboxylic acids is 3. The molecule has 6 nitrogen and oxygen atoms in total. The number of allylic oxidation sites excluding steroid dienone is 2. The van der Waals surface area contributed by atoms with E-state index in [0.717, 1.165) is 57.8 Å². The first-order valence-corrected chi connectivity index (χ1v) is 37.2. The SMILES string of the molecule is CCCCCCCCCC/C=C\CCCCCCCCCCCCCCCCCCCCCCCCCC(=O)OCC(COC(=O)CCCCCCCCCCCCCCCC)OC(=O)CCCCCCCCCCCCCCCC. The molecule has 0 heterocycles. The smallest absolute Gasteiger partial charge is 0.306 e. The monoisotopic (exact) mass is 1140 g/mol. The average molecular weight is 1140 g/mol. The minimum Gasteiger partial charge on any atom is -0.462 e. The molecule has 0 amide bonds. The molecule has 0 aromatic rings. The van der Waals surface area contributed by atoms with E-state index in [2.05, 4.69) is 32.9 Å². The Hall–Kier alpha value is -1.85. The summed E-state index contributed by atoms with van der Waals surface area (Å²) in [5.74, 6) is -0.825. The highest BCUT2D eigenvalue weighted by Gasteiger charge is 2.20. The van der Waals surface area contributed by atoms with Crippen LogP contribution in [0.25, 0.3) is 0 Å². The third-order valence-corrected chi connectivity index (χ3v) is 17.3. The third-order valence-electron chi connectivity index (χ3n) is 17.3. The van der Waals surface area contributed by atoms with Gasteiger partial charge in [-0.2, -0.15) is 0 Å². The van der Waals surface area contributed by atoms with E-state index >= 15 is 0 Å². The highest BCUT2D eigenvalue weighted by molar-refractivity contribution is 5.71. The van der Waals surface area contributed by atoms with E-state index in [1.807, 2.05) is 0 Å². The fraction of sp³-hybridized carbons (Fsp3) is 0.933. The molecule has 0 N–H and O–H groups in total. The topological polar surface area (TPSA) is 78.9 Å². The Morgan fingerprint density at radius 3 is 0.617 bits per heavy atom. The minimum atomic E-state index is -0.764. The maximum Gasteiger partial charge on any atom is 0.306 e. The summed E-state index contributed by atoms with van der Waals surface area (Å²) in [6, 6.07) is 0. The van der Waals surface area contributed by atoms with Crippen molar-refractivity contribution >= 4 is 17.9 Å². The number of hydrogen-bond acceptors (Lipinski definition) is 6. The Morgan fingerprint density at radius 1 is 0.235 bits per heavy atom. The van der Waals surface area contributed by atoms with Crippen molar-refractivity contribution in [3.8, 4) is 0 Å². The summed E-state index contributed by atoms with van der Waals surface area (Å²) in [4.78, 5) is 38.4. The van der Waals surface area contributed by atoms with Crippen molar-refractivity contribution < 1.29 is 28.6 Å². The van der Waals surface area contributed by atoms with E-state index in [1.165, 1.54) is 334 Å². The fourth-order valence-electron chi connectivity index (χ4n) is 11.7. The first-order chi connectivity index (χ1) is 40.0. The molecule has 0 saturated heterocycles. The number of hydrogen-bond donors (Lipinski definition) is 0. The molecule has 0 fully saturated rings. The van der Waals surface area contributed by atoms with Crippen LogP contribution in [0.2, 0.25) is 0 Å². The molecule has 1 atom stereocenters. The zero-order valence-corrected chi connectivity index (χ0v) is 55.4. The minimum absolute atomic E-state index is 0.0615. The predicted octanol–water partition coefficient (Wildman–Crippen LogP) is 25.6. The van der Waals surface area contributed by atoms with Gasteiger partial charge in [-0.1, -0.05) is 380 Å². The van der Waals surface area contributed by atoms with Crippen LogP contribution in [0, 0.1) is 0 Å². The van der Waals surface area contributed by atoms with Crippen molar-refractivity contribution in [2.75, 3.05) is 13.2 Å². The van der Waals surface area contributed by atoms with E-state index in [1.54, 1.807) is 0 Å². The second-order valence-electron chi connectivity index (χ2n) is 25.6. The van der Waals surface area contributed by atoms with E-state index < -0.39 is 6.10 Å². The van der Waals surface area contributed by atoms with Crippen LogP contribution in [0.1, 0.15) is 432 Å². The predicted molar refractivity (Wildman–Crippen MR) is 353 cm³/mol. The summed E-state index contributed by atoms with van der Waals surface area (Å²) in [5, 5.41) is 0. The molecule has 6 heteroatoms. The highest BCUT2D eigenvalue weighted by Crippen LogP contribution is 2.19. The van der Waals surface area contributed by atoms with Crippen LogP contribution < -0.4 is 0 Å². The molecule has 0 aromatic heterocycles. The van der Waals surface area contributed by atoms with Gasteiger partial charge in [-0.3, -0.25) is 14.4 Å². The van der Waals surface area contributed by atoms with Crippen LogP contribution in [0.3, 0.4) is 0 Å². The Morgan fingerprint density at radius 2 is 0.407 bits per heavy atom. The van der Waals surface area contributed by atoms with Crippen molar-refractivity contribution in [2.24, 2.45) is 0 Å². The maximum atomic E-state index is 12.9. The lowest BCUT2D eigenvalue weighted by molar-refractivity contribution is -0.167. The van der Waals surface area contributed by atoms with E-state index in [9.17, 15) is 14.4 Å². The number of rotatable bonds is 70. The van der Waals surface area contributed by atoms with Gasteiger partial charge in [0, 0.05) is 19.3 Å². The van der Waals surface area contributed by atoms with Gasteiger partial charge in [0.15, 0.2) is 6.10 Å². The Balaban J connectivity index is 4.02. The zero-order valence-electron chi connectivity index (χ0n) is 55.4. The Kier molecular flexibility index (Phi) is 69.0. The quantitative estimate of drug-likeness (QED) is 0.0261. The number of unbranched alkanes of at least 4 members (excludes halogenated alkanes) is 57. The highest BCUT2D eigenvalue weighted by atomic mass is 16.6. The molecule has 480 valence electrons. The molecule has 0 radical (unpaired) electrons. The summed E-state index contributed by atoms with van der Waals surface area (Å²) in [6.07, 6.45) is 85.6. The molecule has 0 spiro atoms. The molecule has 0 aliphatic rings. The van der Waals surface area contributed by atoms with Crippen LogP contribution in [-0.4, -0.2) is 37.2 Å². The Labute approximate surface area is 507 Å². The summed E-state index contributed by atoms with van der Waals surface area (Å²) in [6.45, 7) is 6.73. The zero-order chi connectivity index (χ0) is 58.5. The van der Waals surface area contributed by atoms with Gasteiger partial charge in [-0.05, 0) is 44.9 Å². The molecular weight excluding hydrogens is 997 g/mol. The first-order valence-electron chi connectivity index (χ1n) is 37.2. The maximum absolute atomic E-state index is 12.9. The molecule has 0 aliphatic heterocycles. The van der Waals surface area contributed by atoms with Gasteiger partial charge in [-0.25, -0.2) is 0 Å². The Bertz CT molecular complexity index is 1260. The molecular formula is C75H144O6. The fourth-order valence-corrected chi connectivity index (χ4v) is 11.7. The van der Waals surface area contributed by atoms with Crippen LogP contribution in [-0.2, 0) is 28.6 Å². The summed E-state index contributed by atoms with van der Waals surface area (Å²) in [7, 11) is 0. The van der Waals surface area contributed by atoms with Gasteiger partial charge in [-0.15, -0.1) is 0 Å². The van der Waals surface area contributed by atoms with E-state index in [-0.39, 0.29) is 31.1 Å². The summed E-state index contributed by atoms with van der Waals surface area (Å²) >= 11 is 0. The molecule has 1 unspecified atom stereocenters.